The maximum Gasteiger partial charge on any atom is 0.277 e. The number of hydrogen-bond acceptors (Lipinski definition) is 4. The summed E-state index contributed by atoms with van der Waals surface area (Å²) in [6, 6.07) is 9.57. The SMILES string of the molecule is O=C(NOCc1ccccc1)c1cncnc1. The number of hydroxylamine groups is 1. The summed E-state index contributed by atoms with van der Waals surface area (Å²) in [6.45, 7) is 0.320. The molecular formula is C12H11N3O2. The van der Waals surface area contributed by atoms with Crippen molar-refractivity contribution in [3.05, 3.63) is 60.2 Å². The Morgan fingerprint density at radius 3 is 2.59 bits per heavy atom. The minimum absolute atomic E-state index is 0.320. The van der Waals surface area contributed by atoms with Gasteiger partial charge in [0.05, 0.1) is 12.2 Å². The van der Waals surface area contributed by atoms with Gasteiger partial charge >= 0.3 is 0 Å². The molecule has 0 atom stereocenters. The third-order valence-electron chi connectivity index (χ3n) is 2.07. The van der Waals surface area contributed by atoms with Crippen molar-refractivity contribution < 1.29 is 9.63 Å². The van der Waals surface area contributed by atoms with Gasteiger partial charge in [-0.15, -0.1) is 0 Å². The predicted molar refractivity (Wildman–Crippen MR) is 60.7 cm³/mol. The van der Waals surface area contributed by atoms with E-state index in [2.05, 4.69) is 15.4 Å². The predicted octanol–water partition coefficient (Wildman–Crippen LogP) is 1.34. The quantitative estimate of drug-likeness (QED) is 0.803. The van der Waals surface area contributed by atoms with E-state index < -0.39 is 0 Å². The van der Waals surface area contributed by atoms with Gasteiger partial charge < -0.3 is 0 Å². The van der Waals surface area contributed by atoms with Crippen LogP contribution in [0.15, 0.2) is 49.1 Å². The number of nitrogens with zero attached hydrogens (tertiary/aromatic N) is 2. The van der Waals surface area contributed by atoms with Gasteiger partial charge in [0.2, 0.25) is 0 Å². The zero-order valence-electron chi connectivity index (χ0n) is 9.04. The van der Waals surface area contributed by atoms with Crippen molar-refractivity contribution in [1.29, 1.82) is 0 Å². The van der Waals surface area contributed by atoms with Crippen LogP contribution in [0, 0.1) is 0 Å². The average molecular weight is 229 g/mol. The lowest BCUT2D eigenvalue weighted by molar-refractivity contribution is 0.0233. The van der Waals surface area contributed by atoms with Gasteiger partial charge in [0.15, 0.2) is 0 Å². The smallest absolute Gasteiger partial charge is 0.269 e. The van der Waals surface area contributed by atoms with Gasteiger partial charge in [-0.2, -0.15) is 0 Å². The minimum atomic E-state index is -0.360. The zero-order chi connectivity index (χ0) is 11.9. The Balaban J connectivity index is 1.82. The highest BCUT2D eigenvalue weighted by atomic mass is 16.6. The summed E-state index contributed by atoms with van der Waals surface area (Å²) in [4.78, 5) is 24.1. The monoisotopic (exact) mass is 229 g/mol. The van der Waals surface area contributed by atoms with Crippen LogP contribution in [-0.4, -0.2) is 15.9 Å². The van der Waals surface area contributed by atoms with E-state index in [4.69, 9.17) is 4.84 Å². The second-order valence-corrected chi connectivity index (χ2v) is 3.33. The molecule has 0 aliphatic carbocycles. The fraction of sp³-hybridized carbons (Fsp3) is 0.0833. The molecule has 5 heteroatoms. The van der Waals surface area contributed by atoms with E-state index in [0.717, 1.165) is 5.56 Å². The molecule has 0 saturated carbocycles. The van der Waals surface area contributed by atoms with E-state index in [1.807, 2.05) is 30.3 Å². The summed E-state index contributed by atoms with van der Waals surface area (Å²) in [7, 11) is 0. The van der Waals surface area contributed by atoms with Crippen molar-refractivity contribution in [1.82, 2.24) is 15.4 Å². The highest BCUT2D eigenvalue weighted by Crippen LogP contribution is 1.99. The molecule has 1 aromatic heterocycles. The highest BCUT2D eigenvalue weighted by molar-refractivity contribution is 5.92. The summed E-state index contributed by atoms with van der Waals surface area (Å²) in [6.07, 6.45) is 4.21. The normalized spacial score (nSPS) is 9.88. The zero-order valence-corrected chi connectivity index (χ0v) is 9.04. The van der Waals surface area contributed by atoms with Crippen LogP contribution in [0.1, 0.15) is 15.9 Å². The molecule has 0 aliphatic rings. The standard InChI is InChI=1S/C12H11N3O2/c16-12(11-6-13-9-14-7-11)15-17-8-10-4-2-1-3-5-10/h1-7,9H,8H2,(H,15,16). The molecule has 86 valence electrons. The number of carbonyl (C=O) groups excluding carboxylic acids is 1. The van der Waals surface area contributed by atoms with E-state index in [1.54, 1.807) is 0 Å². The summed E-state index contributed by atoms with van der Waals surface area (Å²) in [5.74, 6) is -0.360. The highest BCUT2D eigenvalue weighted by Gasteiger charge is 2.04. The Morgan fingerprint density at radius 2 is 1.88 bits per heavy atom. The maximum atomic E-state index is 11.5. The molecule has 0 spiro atoms. The third-order valence-corrected chi connectivity index (χ3v) is 2.07. The van der Waals surface area contributed by atoms with Crippen LogP contribution in [0.5, 0.6) is 0 Å². The fourth-order valence-corrected chi connectivity index (χ4v) is 1.23. The maximum absolute atomic E-state index is 11.5. The van der Waals surface area contributed by atoms with Crippen molar-refractivity contribution in [3.8, 4) is 0 Å². The second kappa shape index (κ2) is 5.72. The average Bonchev–Trinajstić information content (AvgIpc) is 2.41. The van der Waals surface area contributed by atoms with Gasteiger partial charge in [-0.1, -0.05) is 30.3 Å². The van der Waals surface area contributed by atoms with Crippen molar-refractivity contribution in [3.63, 3.8) is 0 Å². The molecule has 1 N–H and O–H groups in total. The molecule has 2 aromatic rings. The molecule has 1 amide bonds. The van der Waals surface area contributed by atoms with E-state index in [1.165, 1.54) is 18.7 Å². The minimum Gasteiger partial charge on any atom is -0.269 e. The van der Waals surface area contributed by atoms with Crippen molar-refractivity contribution in [2.75, 3.05) is 0 Å². The lowest BCUT2D eigenvalue weighted by Gasteiger charge is -2.05. The molecule has 5 nitrogen and oxygen atoms in total. The van der Waals surface area contributed by atoms with Crippen LogP contribution in [0.4, 0.5) is 0 Å². The third kappa shape index (κ3) is 3.35. The van der Waals surface area contributed by atoms with Gasteiger partial charge in [0.1, 0.15) is 6.33 Å². The van der Waals surface area contributed by atoms with Crippen LogP contribution < -0.4 is 5.48 Å². The molecule has 0 radical (unpaired) electrons. The Labute approximate surface area is 98.4 Å². The molecule has 1 aromatic carbocycles. The van der Waals surface area contributed by atoms with E-state index in [-0.39, 0.29) is 5.91 Å². The first-order valence-electron chi connectivity index (χ1n) is 5.07. The van der Waals surface area contributed by atoms with E-state index in [9.17, 15) is 4.79 Å². The Hall–Kier alpha value is -2.27. The van der Waals surface area contributed by atoms with Crippen molar-refractivity contribution in [2.45, 2.75) is 6.61 Å². The van der Waals surface area contributed by atoms with Crippen LogP contribution in [-0.2, 0) is 11.4 Å². The molecule has 0 saturated heterocycles. The lowest BCUT2D eigenvalue weighted by Crippen LogP contribution is -2.23. The topological polar surface area (TPSA) is 64.1 Å². The molecular weight excluding hydrogens is 218 g/mol. The summed E-state index contributed by atoms with van der Waals surface area (Å²) >= 11 is 0. The van der Waals surface area contributed by atoms with E-state index in [0.29, 0.717) is 12.2 Å². The number of amides is 1. The molecule has 0 bridgehead atoms. The number of hydrogen-bond donors (Lipinski definition) is 1. The summed E-state index contributed by atoms with van der Waals surface area (Å²) < 4.78 is 0. The van der Waals surface area contributed by atoms with Gasteiger partial charge in [0, 0.05) is 12.4 Å². The second-order valence-electron chi connectivity index (χ2n) is 3.33. The van der Waals surface area contributed by atoms with Crippen LogP contribution >= 0.6 is 0 Å². The first-order valence-corrected chi connectivity index (χ1v) is 5.07. The van der Waals surface area contributed by atoms with E-state index >= 15 is 0 Å². The summed E-state index contributed by atoms with van der Waals surface area (Å²) in [5.41, 5.74) is 3.67. The molecule has 0 fully saturated rings. The molecule has 0 unspecified atom stereocenters. The van der Waals surface area contributed by atoms with Crippen molar-refractivity contribution in [2.24, 2.45) is 0 Å². The summed E-state index contributed by atoms with van der Waals surface area (Å²) in [5, 5.41) is 0. The molecule has 0 aliphatic heterocycles. The molecule has 1 heterocycles. The largest absolute Gasteiger partial charge is 0.277 e. The Morgan fingerprint density at radius 1 is 1.18 bits per heavy atom. The number of rotatable bonds is 4. The van der Waals surface area contributed by atoms with Gasteiger partial charge in [-0.25, -0.2) is 15.4 Å². The Kier molecular flexibility index (Phi) is 3.77. The van der Waals surface area contributed by atoms with Gasteiger partial charge in [-0.3, -0.25) is 9.63 Å². The number of aromatic nitrogens is 2. The van der Waals surface area contributed by atoms with Crippen LogP contribution in [0.25, 0.3) is 0 Å². The number of benzene rings is 1. The first kappa shape index (κ1) is 11.2. The van der Waals surface area contributed by atoms with Crippen molar-refractivity contribution >= 4 is 5.91 Å². The van der Waals surface area contributed by atoms with Crippen LogP contribution in [0.2, 0.25) is 0 Å². The Bertz CT molecular complexity index is 474. The fourth-order valence-electron chi connectivity index (χ4n) is 1.23. The first-order chi connectivity index (χ1) is 8.36. The number of nitrogens with one attached hydrogen (secondary N) is 1. The van der Waals surface area contributed by atoms with Crippen LogP contribution in [0.3, 0.4) is 0 Å². The number of carbonyl (C=O) groups is 1. The molecule has 17 heavy (non-hydrogen) atoms. The molecule has 2 rings (SSSR count). The lowest BCUT2D eigenvalue weighted by atomic mass is 10.2. The van der Waals surface area contributed by atoms with Gasteiger partial charge in [0.25, 0.3) is 5.91 Å². The van der Waals surface area contributed by atoms with Gasteiger partial charge in [-0.05, 0) is 5.56 Å².